The number of carbonyl (C=O) groups excluding carboxylic acids is 1. The lowest BCUT2D eigenvalue weighted by Crippen LogP contribution is -2.44. The van der Waals surface area contributed by atoms with Crippen LogP contribution in [0, 0.1) is 0 Å². The highest BCUT2D eigenvalue weighted by molar-refractivity contribution is 5.86. The summed E-state index contributed by atoms with van der Waals surface area (Å²) >= 11 is 0. The predicted molar refractivity (Wildman–Crippen MR) is 65.8 cm³/mol. The fourth-order valence-electron chi connectivity index (χ4n) is 2.65. The number of aromatic nitrogens is 1. The van der Waals surface area contributed by atoms with Gasteiger partial charge in [0, 0.05) is 25.7 Å². The summed E-state index contributed by atoms with van der Waals surface area (Å²) in [4.78, 5) is 18.6. The molecule has 2 aliphatic rings. The van der Waals surface area contributed by atoms with Crippen molar-refractivity contribution in [3.8, 4) is 0 Å². The zero-order valence-electron chi connectivity index (χ0n) is 9.85. The lowest BCUT2D eigenvalue weighted by Gasteiger charge is -2.29. The quantitative estimate of drug-likeness (QED) is 0.795. The Labute approximate surface area is 101 Å². The maximum Gasteiger partial charge on any atom is 0.245 e. The summed E-state index contributed by atoms with van der Waals surface area (Å²) in [7, 11) is 0. The highest BCUT2D eigenvalue weighted by Crippen LogP contribution is 2.24. The van der Waals surface area contributed by atoms with Gasteiger partial charge in [-0.05, 0) is 30.9 Å². The van der Waals surface area contributed by atoms with Gasteiger partial charge >= 0.3 is 0 Å². The van der Waals surface area contributed by atoms with Crippen LogP contribution in [0.15, 0.2) is 18.3 Å². The van der Waals surface area contributed by atoms with Gasteiger partial charge in [-0.1, -0.05) is 6.07 Å². The molecular formula is C13H17N3O. The van der Waals surface area contributed by atoms with E-state index in [-0.39, 0.29) is 11.9 Å². The first-order valence-electron chi connectivity index (χ1n) is 6.34. The Morgan fingerprint density at radius 1 is 1.35 bits per heavy atom. The third kappa shape index (κ3) is 1.99. The van der Waals surface area contributed by atoms with Crippen molar-refractivity contribution in [1.82, 2.24) is 9.88 Å². The number of nitrogens with one attached hydrogen (secondary N) is 1. The van der Waals surface area contributed by atoms with Gasteiger partial charge in [0.1, 0.15) is 11.9 Å². The second-order valence-electron chi connectivity index (χ2n) is 4.80. The first kappa shape index (κ1) is 10.6. The van der Waals surface area contributed by atoms with Gasteiger partial charge < -0.3 is 10.2 Å². The molecule has 0 aromatic carbocycles. The Kier molecular flexibility index (Phi) is 2.71. The van der Waals surface area contributed by atoms with Crippen LogP contribution in [0.5, 0.6) is 0 Å². The molecule has 1 aromatic rings. The van der Waals surface area contributed by atoms with E-state index in [0.29, 0.717) is 0 Å². The Morgan fingerprint density at radius 3 is 2.94 bits per heavy atom. The summed E-state index contributed by atoms with van der Waals surface area (Å²) in [6, 6.07) is 3.87. The molecule has 4 heteroatoms. The third-order valence-electron chi connectivity index (χ3n) is 3.59. The number of piperidine rings is 1. The van der Waals surface area contributed by atoms with Crippen molar-refractivity contribution in [2.45, 2.75) is 31.7 Å². The molecule has 1 aromatic heterocycles. The van der Waals surface area contributed by atoms with E-state index in [1.54, 1.807) is 6.20 Å². The molecule has 0 radical (unpaired) electrons. The summed E-state index contributed by atoms with van der Waals surface area (Å²) in [6.45, 7) is 1.83. The van der Waals surface area contributed by atoms with E-state index in [0.717, 1.165) is 43.7 Å². The molecule has 0 bridgehead atoms. The lowest BCUT2D eigenvalue weighted by molar-refractivity contribution is -0.132. The molecule has 0 saturated carbocycles. The zero-order valence-corrected chi connectivity index (χ0v) is 9.85. The van der Waals surface area contributed by atoms with Crippen molar-refractivity contribution in [1.29, 1.82) is 0 Å². The summed E-state index contributed by atoms with van der Waals surface area (Å²) in [5.74, 6) is 1.12. The molecule has 2 aliphatic heterocycles. The van der Waals surface area contributed by atoms with Gasteiger partial charge in [-0.15, -0.1) is 0 Å². The number of nitrogens with zero attached hydrogens (tertiary/aromatic N) is 2. The van der Waals surface area contributed by atoms with Crippen molar-refractivity contribution in [3.63, 3.8) is 0 Å². The van der Waals surface area contributed by atoms with Gasteiger partial charge in [0.15, 0.2) is 0 Å². The number of anilines is 1. The van der Waals surface area contributed by atoms with Crippen LogP contribution in [0.2, 0.25) is 0 Å². The van der Waals surface area contributed by atoms with Crippen molar-refractivity contribution in [2.75, 3.05) is 18.4 Å². The molecule has 1 saturated heterocycles. The van der Waals surface area contributed by atoms with Crippen LogP contribution in [0.1, 0.15) is 24.8 Å². The summed E-state index contributed by atoms with van der Waals surface area (Å²) in [6.07, 6.45) is 6.08. The number of rotatable bonds is 1. The largest absolute Gasteiger partial charge is 0.358 e. The molecular weight excluding hydrogens is 214 g/mol. The smallest absolute Gasteiger partial charge is 0.245 e. The second-order valence-corrected chi connectivity index (χ2v) is 4.80. The topological polar surface area (TPSA) is 45.2 Å². The minimum atomic E-state index is -0.0991. The number of carbonyl (C=O) groups is 1. The van der Waals surface area contributed by atoms with Crippen molar-refractivity contribution in [2.24, 2.45) is 0 Å². The highest BCUT2D eigenvalue weighted by atomic mass is 16.2. The normalized spacial score (nSPS) is 23.1. The second kappa shape index (κ2) is 4.35. The first-order valence-corrected chi connectivity index (χ1v) is 6.34. The van der Waals surface area contributed by atoms with Gasteiger partial charge in [-0.3, -0.25) is 4.79 Å². The van der Waals surface area contributed by atoms with Gasteiger partial charge in [0.05, 0.1) is 0 Å². The number of fused-ring (bicyclic) bond motifs is 1. The van der Waals surface area contributed by atoms with Crippen LogP contribution in [0.4, 0.5) is 5.82 Å². The summed E-state index contributed by atoms with van der Waals surface area (Å²) in [5.41, 5.74) is 1.16. The van der Waals surface area contributed by atoms with Crippen LogP contribution in [-0.2, 0) is 11.2 Å². The Hall–Kier alpha value is -1.58. The van der Waals surface area contributed by atoms with Crippen LogP contribution >= 0.6 is 0 Å². The average Bonchev–Trinajstić information content (AvgIpc) is 2.82. The third-order valence-corrected chi connectivity index (χ3v) is 3.59. The highest BCUT2D eigenvalue weighted by Gasteiger charge is 2.31. The SMILES string of the molecule is O=C(C1Cc2cccnc2N1)N1CCCCC1. The molecule has 4 nitrogen and oxygen atoms in total. The van der Waals surface area contributed by atoms with Gasteiger partial charge in [0.2, 0.25) is 5.91 Å². The molecule has 1 fully saturated rings. The lowest BCUT2D eigenvalue weighted by atomic mass is 10.1. The molecule has 17 heavy (non-hydrogen) atoms. The van der Waals surface area contributed by atoms with E-state index in [9.17, 15) is 4.79 Å². The fraction of sp³-hybridized carbons (Fsp3) is 0.538. The summed E-state index contributed by atoms with van der Waals surface area (Å²) in [5, 5.41) is 3.23. The van der Waals surface area contributed by atoms with Gasteiger partial charge in [-0.2, -0.15) is 0 Å². The molecule has 1 atom stereocenters. The molecule has 3 heterocycles. The van der Waals surface area contributed by atoms with Crippen LogP contribution < -0.4 is 5.32 Å². The molecule has 3 rings (SSSR count). The van der Waals surface area contributed by atoms with E-state index >= 15 is 0 Å². The number of pyridine rings is 1. The van der Waals surface area contributed by atoms with E-state index in [2.05, 4.69) is 10.3 Å². The number of amides is 1. The Balaban J connectivity index is 1.69. The van der Waals surface area contributed by atoms with Crippen LogP contribution in [0.3, 0.4) is 0 Å². The predicted octanol–water partition coefficient (Wildman–Crippen LogP) is 1.43. The fourth-order valence-corrected chi connectivity index (χ4v) is 2.65. The maximum absolute atomic E-state index is 12.3. The molecule has 90 valence electrons. The van der Waals surface area contributed by atoms with Crippen molar-refractivity contribution in [3.05, 3.63) is 23.9 Å². The van der Waals surface area contributed by atoms with Crippen molar-refractivity contribution < 1.29 is 4.79 Å². The van der Waals surface area contributed by atoms with E-state index in [1.165, 1.54) is 6.42 Å². The number of hydrogen-bond acceptors (Lipinski definition) is 3. The van der Waals surface area contributed by atoms with E-state index in [1.807, 2.05) is 17.0 Å². The van der Waals surface area contributed by atoms with E-state index in [4.69, 9.17) is 0 Å². The number of hydrogen-bond donors (Lipinski definition) is 1. The molecule has 1 N–H and O–H groups in total. The Morgan fingerprint density at radius 2 is 2.18 bits per heavy atom. The molecule has 0 spiro atoms. The van der Waals surface area contributed by atoms with Gasteiger partial charge in [0.25, 0.3) is 0 Å². The molecule has 0 aliphatic carbocycles. The number of likely N-dealkylation sites (tertiary alicyclic amines) is 1. The first-order chi connectivity index (χ1) is 8.34. The zero-order chi connectivity index (χ0) is 11.7. The average molecular weight is 231 g/mol. The standard InChI is InChI=1S/C13H17N3O/c17-13(16-7-2-1-3-8-16)11-9-10-5-4-6-14-12(10)15-11/h4-6,11H,1-3,7-9H2,(H,14,15). The summed E-state index contributed by atoms with van der Waals surface area (Å²) < 4.78 is 0. The molecule has 1 amide bonds. The minimum Gasteiger partial charge on any atom is -0.358 e. The Bertz CT molecular complexity index is 401. The van der Waals surface area contributed by atoms with Crippen LogP contribution in [0.25, 0.3) is 0 Å². The maximum atomic E-state index is 12.3. The monoisotopic (exact) mass is 231 g/mol. The minimum absolute atomic E-state index is 0.0991. The van der Waals surface area contributed by atoms with Crippen LogP contribution in [-0.4, -0.2) is 34.9 Å². The molecule has 1 unspecified atom stereocenters. The van der Waals surface area contributed by atoms with E-state index < -0.39 is 0 Å². The van der Waals surface area contributed by atoms with Gasteiger partial charge in [-0.25, -0.2) is 4.98 Å². The van der Waals surface area contributed by atoms with Crippen molar-refractivity contribution >= 4 is 11.7 Å².